The molecule has 4 heteroatoms. The second-order valence-electron chi connectivity index (χ2n) is 2.87. The first-order valence-electron chi connectivity index (χ1n) is 4.49. The van der Waals surface area contributed by atoms with Crippen molar-refractivity contribution < 1.29 is 9.90 Å². The Morgan fingerprint density at radius 3 is 2.77 bits per heavy atom. The Labute approximate surface area is 78.8 Å². The number of nitrogens with two attached hydrogens (primary N) is 1. The largest absolute Gasteiger partial charge is 0.480 e. The van der Waals surface area contributed by atoms with Crippen molar-refractivity contribution in [3.63, 3.8) is 0 Å². The normalized spacial score (nSPS) is 12.4. The van der Waals surface area contributed by atoms with Gasteiger partial charge in [0.2, 0.25) is 0 Å². The van der Waals surface area contributed by atoms with E-state index in [9.17, 15) is 4.79 Å². The molecule has 13 heavy (non-hydrogen) atoms. The molecule has 0 aliphatic heterocycles. The third-order valence-electron chi connectivity index (χ3n) is 1.75. The molecule has 0 aromatic heterocycles. The molecule has 0 fully saturated rings. The zero-order valence-corrected chi connectivity index (χ0v) is 7.83. The Morgan fingerprint density at radius 2 is 2.31 bits per heavy atom. The van der Waals surface area contributed by atoms with Crippen LogP contribution in [0.4, 0.5) is 0 Å². The lowest BCUT2D eigenvalue weighted by atomic mass is 10.1. The van der Waals surface area contributed by atoms with Gasteiger partial charge in [0.05, 0.1) is 0 Å². The highest BCUT2D eigenvalue weighted by Gasteiger charge is 2.14. The topological polar surface area (TPSA) is 75.3 Å². The predicted molar refractivity (Wildman–Crippen MR) is 52.5 cm³/mol. The minimum absolute atomic E-state index is 0.468. The van der Waals surface area contributed by atoms with Gasteiger partial charge in [-0.05, 0) is 19.4 Å². The fraction of sp³-hybridized carbons (Fsp3) is 0.667. The van der Waals surface area contributed by atoms with Crippen LogP contribution >= 0.6 is 0 Å². The van der Waals surface area contributed by atoms with Crippen molar-refractivity contribution in [2.45, 2.75) is 25.3 Å². The van der Waals surface area contributed by atoms with Gasteiger partial charge < -0.3 is 16.2 Å². The third-order valence-corrected chi connectivity index (χ3v) is 1.75. The fourth-order valence-corrected chi connectivity index (χ4v) is 1.03. The summed E-state index contributed by atoms with van der Waals surface area (Å²) in [7, 11) is 0. The van der Waals surface area contributed by atoms with Gasteiger partial charge in [-0.1, -0.05) is 12.5 Å². The van der Waals surface area contributed by atoms with Gasteiger partial charge in [-0.3, -0.25) is 4.79 Å². The third kappa shape index (κ3) is 6.31. The lowest BCUT2D eigenvalue weighted by molar-refractivity contribution is -0.139. The summed E-state index contributed by atoms with van der Waals surface area (Å²) in [6.07, 6.45) is 4.00. The molecule has 0 radical (unpaired) electrons. The summed E-state index contributed by atoms with van der Waals surface area (Å²) in [5.41, 5.74) is 5.31. The first kappa shape index (κ1) is 12.1. The average Bonchev–Trinajstić information content (AvgIpc) is 2.10. The van der Waals surface area contributed by atoms with Crippen molar-refractivity contribution in [2.75, 3.05) is 13.1 Å². The molecule has 0 bridgehead atoms. The Kier molecular flexibility index (Phi) is 7.24. The van der Waals surface area contributed by atoms with Gasteiger partial charge in [0, 0.05) is 6.54 Å². The Balaban J connectivity index is 3.66. The van der Waals surface area contributed by atoms with E-state index in [1.165, 1.54) is 0 Å². The lowest BCUT2D eigenvalue weighted by Gasteiger charge is -2.12. The van der Waals surface area contributed by atoms with E-state index in [4.69, 9.17) is 10.8 Å². The zero-order valence-electron chi connectivity index (χ0n) is 7.83. The number of carbonyl (C=O) groups is 1. The van der Waals surface area contributed by atoms with Gasteiger partial charge >= 0.3 is 5.97 Å². The number of nitrogens with one attached hydrogen (secondary N) is 1. The fourth-order valence-electron chi connectivity index (χ4n) is 1.03. The second kappa shape index (κ2) is 7.76. The van der Waals surface area contributed by atoms with Crippen molar-refractivity contribution in [1.29, 1.82) is 0 Å². The Bertz CT molecular complexity index is 160. The number of hydrogen-bond acceptors (Lipinski definition) is 3. The van der Waals surface area contributed by atoms with E-state index in [0.29, 0.717) is 19.5 Å². The summed E-state index contributed by atoms with van der Waals surface area (Å²) in [4.78, 5) is 10.7. The Hall–Kier alpha value is -0.870. The van der Waals surface area contributed by atoms with Crippen LogP contribution in [0.3, 0.4) is 0 Å². The monoisotopic (exact) mass is 186 g/mol. The summed E-state index contributed by atoms with van der Waals surface area (Å²) >= 11 is 0. The van der Waals surface area contributed by atoms with Crippen LogP contribution in [0.25, 0.3) is 0 Å². The summed E-state index contributed by atoms with van der Waals surface area (Å²) in [6, 6.07) is -0.468. The van der Waals surface area contributed by atoms with Crippen molar-refractivity contribution in [3.8, 4) is 0 Å². The van der Waals surface area contributed by atoms with Crippen LogP contribution in [0.15, 0.2) is 12.7 Å². The van der Waals surface area contributed by atoms with E-state index in [1.807, 2.05) is 0 Å². The number of unbranched alkanes of at least 4 members (excludes halogenated alkanes) is 1. The highest BCUT2D eigenvalue weighted by Crippen LogP contribution is 2.00. The predicted octanol–water partition coefficient (Wildman–Crippen LogP) is 0.344. The minimum atomic E-state index is -0.807. The smallest absolute Gasteiger partial charge is 0.320 e. The summed E-state index contributed by atoms with van der Waals surface area (Å²) in [6.45, 7) is 4.66. The van der Waals surface area contributed by atoms with E-state index in [1.54, 1.807) is 6.08 Å². The van der Waals surface area contributed by atoms with Crippen molar-refractivity contribution in [2.24, 2.45) is 5.73 Å². The van der Waals surface area contributed by atoms with E-state index in [0.717, 1.165) is 12.8 Å². The summed E-state index contributed by atoms with van der Waals surface area (Å²) in [5.74, 6) is -0.807. The van der Waals surface area contributed by atoms with Gasteiger partial charge in [-0.15, -0.1) is 6.58 Å². The van der Waals surface area contributed by atoms with Crippen molar-refractivity contribution >= 4 is 5.97 Å². The molecule has 0 aromatic rings. The number of hydrogen-bond donors (Lipinski definition) is 3. The number of carboxylic acids is 1. The molecular formula is C9H18N2O2. The van der Waals surface area contributed by atoms with Crippen LogP contribution in [-0.2, 0) is 4.79 Å². The molecule has 76 valence electrons. The van der Waals surface area contributed by atoms with Crippen molar-refractivity contribution in [1.82, 2.24) is 5.32 Å². The molecule has 4 N–H and O–H groups in total. The molecule has 0 aliphatic rings. The molecule has 4 nitrogen and oxygen atoms in total. The molecule has 0 unspecified atom stereocenters. The molecule has 0 amide bonds. The van der Waals surface area contributed by atoms with Crippen molar-refractivity contribution in [3.05, 3.63) is 12.7 Å². The van der Waals surface area contributed by atoms with Gasteiger partial charge in [-0.2, -0.15) is 0 Å². The maximum atomic E-state index is 10.7. The van der Waals surface area contributed by atoms with E-state index < -0.39 is 12.0 Å². The summed E-state index contributed by atoms with van der Waals surface area (Å²) < 4.78 is 0. The minimum Gasteiger partial charge on any atom is -0.480 e. The van der Waals surface area contributed by atoms with Crippen LogP contribution in [0.2, 0.25) is 0 Å². The van der Waals surface area contributed by atoms with Gasteiger partial charge in [0.25, 0.3) is 0 Å². The first-order valence-corrected chi connectivity index (χ1v) is 4.49. The van der Waals surface area contributed by atoms with Crippen LogP contribution in [-0.4, -0.2) is 30.2 Å². The summed E-state index contributed by atoms with van der Waals surface area (Å²) in [5, 5.41) is 11.6. The average molecular weight is 186 g/mol. The molecule has 0 saturated carbocycles. The van der Waals surface area contributed by atoms with Crippen LogP contribution < -0.4 is 11.1 Å². The SMILES string of the molecule is C=CCN[C@H](CCCCN)C(=O)O. The van der Waals surface area contributed by atoms with Gasteiger partial charge in [0.15, 0.2) is 0 Å². The molecule has 0 aromatic carbocycles. The van der Waals surface area contributed by atoms with E-state index in [-0.39, 0.29) is 0 Å². The second-order valence-corrected chi connectivity index (χ2v) is 2.87. The lowest BCUT2D eigenvalue weighted by Crippen LogP contribution is -2.36. The quantitative estimate of drug-likeness (QED) is 0.377. The standard InChI is InChI=1S/C9H18N2O2/c1-2-7-11-8(9(12)13)5-3-4-6-10/h2,8,11H,1,3-7,10H2,(H,12,13)/t8-/m1/s1. The van der Waals surface area contributed by atoms with E-state index in [2.05, 4.69) is 11.9 Å². The number of aliphatic carboxylic acids is 1. The maximum absolute atomic E-state index is 10.7. The molecule has 0 aliphatic carbocycles. The van der Waals surface area contributed by atoms with E-state index >= 15 is 0 Å². The molecule has 1 atom stereocenters. The van der Waals surface area contributed by atoms with Gasteiger partial charge in [-0.25, -0.2) is 0 Å². The first-order chi connectivity index (χ1) is 6.22. The van der Waals surface area contributed by atoms with Crippen LogP contribution in [0.1, 0.15) is 19.3 Å². The highest BCUT2D eigenvalue weighted by molar-refractivity contribution is 5.73. The Morgan fingerprint density at radius 1 is 1.62 bits per heavy atom. The molecule has 0 heterocycles. The number of carboxylic acid groups (broad SMARTS) is 1. The van der Waals surface area contributed by atoms with Crippen LogP contribution in [0, 0.1) is 0 Å². The highest BCUT2D eigenvalue weighted by atomic mass is 16.4. The molecular weight excluding hydrogens is 168 g/mol. The molecule has 0 spiro atoms. The molecule has 0 saturated heterocycles. The van der Waals surface area contributed by atoms with Crippen LogP contribution in [0.5, 0.6) is 0 Å². The zero-order chi connectivity index (χ0) is 10.1. The maximum Gasteiger partial charge on any atom is 0.320 e. The molecule has 0 rings (SSSR count). The van der Waals surface area contributed by atoms with Gasteiger partial charge in [0.1, 0.15) is 6.04 Å². The number of rotatable bonds is 8.